The number of carboxylic acid groups (broad SMARTS) is 1. The fourth-order valence-electron chi connectivity index (χ4n) is 1.62. The van der Waals surface area contributed by atoms with Gasteiger partial charge in [-0.25, -0.2) is 0 Å². The average Bonchev–Trinajstić information content (AvgIpc) is 2.49. The molecule has 0 bridgehead atoms. The smallest absolute Gasteiger partial charge is 0.303 e. The predicted molar refractivity (Wildman–Crippen MR) is 81.9 cm³/mol. The number of carbonyl (C=O) groups is 2. The van der Waals surface area contributed by atoms with Crippen LogP contribution in [0.15, 0.2) is 11.8 Å². The molecule has 0 atom stereocenters. The molecule has 22 heavy (non-hydrogen) atoms. The number of aliphatic carboxylic acids is 1. The number of ether oxygens (including phenoxy) is 1. The van der Waals surface area contributed by atoms with Crippen LogP contribution < -0.4 is 10.6 Å². The standard InChI is InChI=1S/C15H25N3O4/c1-2-22-10-6-9-18-15(21)13(11-16)12-17-8-5-3-4-7-14(19)20/h12,17H,2-10H2,1H3,(H,18,21)(H,19,20)/b13-12-. The summed E-state index contributed by atoms with van der Waals surface area (Å²) in [5.41, 5.74) is 0.0296. The lowest BCUT2D eigenvalue weighted by molar-refractivity contribution is -0.137. The van der Waals surface area contributed by atoms with Crippen LogP contribution in [-0.4, -0.2) is 43.3 Å². The molecule has 0 aromatic heterocycles. The molecular formula is C15H25N3O4. The molecule has 0 unspecified atom stereocenters. The molecule has 0 aromatic rings. The van der Waals surface area contributed by atoms with E-state index in [4.69, 9.17) is 15.1 Å². The number of nitrogens with zero attached hydrogens (tertiary/aromatic N) is 1. The van der Waals surface area contributed by atoms with Gasteiger partial charge in [-0.2, -0.15) is 5.26 Å². The van der Waals surface area contributed by atoms with Crippen molar-refractivity contribution in [3.8, 4) is 6.07 Å². The van der Waals surface area contributed by atoms with Gasteiger partial charge in [0, 0.05) is 38.9 Å². The van der Waals surface area contributed by atoms with Crippen LogP contribution in [0.25, 0.3) is 0 Å². The number of carbonyl (C=O) groups excluding carboxylic acids is 1. The van der Waals surface area contributed by atoms with E-state index in [0.29, 0.717) is 39.1 Å². The summed E-state index contributed by atoms with van der Waals surface area (Å²) in [5, 5.41) is 23.0. The second-order valence-corrected chi connectivity index (χ2v) is 4.63. The second-order valence-electron chi connectivity index (χ2n) is 4.63. The van der Waals surface area contributed by atoms with Crippen molar-refractivity contribution >= 4 is 11.9 Å². The third-order valence-corrected chi connectivity index (χ3v) is 2.78. The van der Waals surface area contributed by atoms with Crippen LogP contribution >= 0.6 is 0 Å². The van der Waals surface area contributed by atoms with E-state index >= 15 is 0 Å². The van der Waals surface area contributed by atoms with E-state index in [-0.39, 0.29) is 12.0 Å². The van der Waals surface area contributed by atoms with Gasteiger partial charge in [-0.05, 0) is 26.2 Å². The van der Waals surface area contributed by atoms with Crippen LogP contribution in [0.3, 0.4) is 0 Å². The normalized spacial score (nSPS) is 10.8. The number of hydrogen-bond acceptors (Lipinski definition) is 5. The van der Waals surface area contributed by atoms with Gasteiger partial charge in [0.25, 0.3) is 5.91 Å². The average molecular weight is 311 g/mol. The second kappa shape index (κ2) is 13.9. The summed E-state index contributed by atoms with van der Waals surface area (Å²) in [7, 11) is 0. The van der Waals surface area contributed by atoms with Crippen LogP contribution in [0.2, 0.25) is 0 Å². The lowest BCUT2D eigenvalue weighted by atomic mass is 10.2. The molecule has 0 radical (unpaired) electrons. The van der Waals surface area contributed by atoms with Crippen molar-refractivity contribution in [1.82, 2.24) is 10.6 Å². The van der Waals surface area contributed by atoms with Crippen molar-refractivity contribution < 1.29 is 19.4 Å². The quantitative estimate of drug-likeness (QED) is 0.267. The van der Waals surface area contributed by atoms with E-state index in [1.807, 2.05) is 13.0 Å². The predicted octanol–water partition coefficient (Wildman–Crippen LogP) is 1.17. The highest BCUT2D eigenvalue weighted by Crippen LogP contribution is 1.99. The molecule has 0 rings (SSSR count). The minimum absolute atomic E-state index is 0.0296. The Bertz CT molecular complexity index is 402. The SMILES string of the molecule is CCOCCCNC(=O)/C(C#N)=C\NCCCCCC(=O)O. The van der Waals surface area contributed by atoms with Gasteiger partial charge in [0.1, 0.15) is 11.6 Å². The summed E-state index contributed by atoms with van der Waals surface area (Å²) in [5.74, 6) is -1.20. The first kappa shape index (κ1) is 19.9. The largest absolute Gasteiger partial charge is 0.481 e. The molecular weight excluding hydrogens is 286 g/mol. The van der Waals surface area contributed by atoms with Crippen LogP contribution in [0.4, 0.5) is 0 Å². The first-order valence-corrected chi connectivity index (χ1v) is 7.53. The van der Waals surface area contributed by atoms with Gasteiger partial charge in [-0.3, -0.25) is 9.59 Å². The Labute approximate surface area is 131 Å². The molecule has 1 amide bonds. The van der Waals surface area contributed by atoms with Crippen LogP contribution in [0, 0.1) is 11.3 Å². The first-order chi connectivity index (χ1) is 10.6. The molecule has 3 N–H and O–H groups in total. The number of unbranched alkanes of at least 4 members (excludes halogenated alkanes) is 2. The molecule has 7 nitrogen and oxygen atoms in total. The molecule has 0 saturated heterocycles. The lowest BCUT2D eigenvalue weighted by Crippen LogP contribution is -2.27. The topological polar surface area (TPSA) is 111 Å². The summed E-state index contributed by atoms with van der Waals surface area (Å²) >= 11 is 0. The Kier molecular flexibility index (Phi) is 12.6. The van der Waals surface area contributed by atoms with Crippen molar-refractivity contribution in [1.29, 1.82) is 5.26 Å². The zero-order valence-electron chi connectivity index (χ0n) is 13.1. The van der Waals surface area contributed by atoms with Gasteiger partial charge in [-0.15, -0.1) is 0 Å². The molecule has 0 aliphatic heterocycles. The summed E-state index contributed by atoms with van der Waals surface area (Å²) < 4.78 is 5.15. The van der Waals surface area contributed by atoms with Crippen molar-refractivity contribution in [3.63, 3.8) is 0 Å². The van der Waals surface area contributed by atoms with Crippen molar-refractivity contribution in [2.75, 3.05) is 26.3 Å². The number of carboxylic acids is 1. The third-order valence-electron chi connectivity index (χ3n) is 2.78. The van der Waals surface area contributed by atoms with E-state index in [0.717, 1.165) is 12.8 Å². The van der Waals surface area contributed by atoms with Gasteiger partial charge in [-0.1, -0.05) is 6.42 Å². The minimum atomic E-state index is -0.791. The lowest BCUT2D eigenvalue weighted by Gasteiger charge is -2.05. The Morgan fingerprint density at radius 3 is 2.64 bits per heavy atom. The maximum Gasteiger partial charge on any atom is 0.303 e. The van der Waals surface area contributed by atoms with Crippen LogP contribution in [0.1, 0.15) is 39.0 Å². The summed E-state index contributed by atoms with van der Waals surface area (Å²) in [4.78, 5) is 22.0. The van der Waals surface area contributed by atoms with Crippen LogP contribution in [0.5, 0.6) is 0 Å². The van der Waals surface area contributed by atoms with Gasteiger partial charge >= 0.3 is 5.97 Å². The molecule has 0 heterocycles. The van der Waals surface area contributed by atoms with Crippen molar-refractivity contribution in [2.24, 2.45) is 0 Å². The number of amides is 1. The maximum atomic E-state index is 11.7. The number of hydrogen-bond donors (Lipinski definition) is 3. The van der Waals surface area contributed by atoms with Gasteiger partial charge in [0.05, 0.1) is 0 Å². The van der Waals surface area contributed by atoms with E-state index < -0.39 is 11.9 Å². The molecule has 0 saturated carbocycles. The van der Waals surface area contributed by atoms with E-state index in [1.54, 1.807) is 0 Å². The van der Waals surface area contributed by atoms with Crippen molar-refractivity contribution in [3.05, 3.63) is 11.8 Å². The van der Waals surface area contributed by atoms with E-state index in [9.17, 15) is 9.59 Å². The monoisotopic (exact) mass is 311 g/mol. The summed E-state index contributed by atoms with van der Waals surface area (Å²) in [6.45, 7) is 4.20. The zero-order valence-corrected chi connectivity index (χ0v) is 13.1. The highest BCUT2D eigenvalue weighted by Gasteiger charge is 2.07. The summed E-state index contributed by atoms with van der Waals surface area (Å²) in [6.07, 6.45) is 4.48. The Morgan fingerprint density at radius 1 is 1.23 bits per heavy atom. The highest BCUT2D eigenvalue weighted by molar-refractivity contribution is 5.97. The molecule has 0 fully saturated rings. The Morgan fingerprint density at radius 2 is 2.00 bits per heavy atom. The minimum Gasteiger partial charge on any atom is -0.481 e. The number of nitriles is 1. The molecule has 0 aromatic carbocycles. The Hall–Kier alpha value is -2.07. The van der Waals surface area contributed by atoms with Gasteiger partial charge < -0.3 is 20.5 Å². The highest BCUT2D eigenvalue weighted by atomic mass is 16.5. The third kappa shape index (κ3) is 11.7. The van der Waals surface area contributed by atoms with Crippen LogP contribution in [-0.2, 0) is 14.3 Å². The Balaban J connectivity index is 3.80. The van der Waals surface area contributed by atoms with Crippen molar-refractivity contribution in [2.45, 2.75) is 39.0 Å². The molecule has 0 aliphatic rings. The van der Waals surface area contributed by atoms with Gasteiger partial charge in [0.2, 0.25) is 0 Å². The fourth-order valence-corrected chi connectivity index (χ4v) is 1.62. The number of rotatable bonds is 13. The fraction of sp³-hybridized carbons (Fsp3) is 0.667. The van der Waals surface area contributed by atoms with Gasteiger partial charge in [0.15, 0.2) is 0 Å². The zero-order chi connectivity index (χ0) is 16.6. The van der Waals surface area contributed by atoms with E-state index in [2.05, 4.69) is 10.6 Å². The first-order valence-electron chi connectivity index (χ1n) is 7.53. The molecule has 124 valence electrons. The molecule has 0 spiro atoms. The maximum absolute atomic E-state index is 11.7. The summed E-state index contributed by atoms with van der Waals surface area (Å²) in [6, 6.07) is 1.85. The molecule has 0 aliphatic carbocycles. The number of nitrogens with one attached hydrogen (secondary N) is 2. The molecule has 7 heteroatoms. The van der Waals surface area contributed by atoms with E-state index in [1.165, 1.54) is 6.20 Å².